The number of rotatable bonds is 2. The number of carbonyl (C=O) groups is 1. The Hall–Kier alpha value is -1.07. The Labute approximate surface area is 80.7 Å². The predicted molar refractivity (Wildman–Crippen MR) is 49.9 cm³/mol. The molecular weight excluding hydrogens is 190 g/mol. The van der Waals surface area contributed by atoms with Crippen LogP contribution >= 0.6 is 12.6 Å². The van der Waals surface area contributed by atoms with Crippen molar-refractivity contribution in [1.29, 1.82) is 0 Å². The highest BCUT2D eigenvalue weighted by Crippen LogP contribution is 2.24. The Morgan fingerprint density at radius 2 is 2.31 bits per heavy atom. The van der Waals surface area contributed by atoms with Gasteiger partial charge in [-0.05, 0) is 6.92 Å². The number of nitrogens with zero attached hydrogens (tertiary/aromatic N) is 1. The van der Waals surface area contributed by atoms with Gasteiger partial charge in [-0.25, -0.2) is 0 Å². The molecule has 0 aromatic carbocycles. The van der Waals surface area contributed by atoms with Crippen LogP contribution in [0.2, 0.25) is 0 Å². The van der Waals surface area contributed by atoms with Gasteiger partial charge in [0.25, 0.3) is 0 Å². The van der Waals surface area contributed by atoms with Crippen LogP contribution in [-0.2, 0) is 6.61 Å². The number of carbonyl (C=O) groups excluding carboxylic acids is 1. The number of aliphatic hydroxyl groups is 1. The minimum atomic E-state index is -0.577. The van der Waals surface area contributed by atoms with E-state index in [1.54, 1.807) is 6.92 Å². The molecule has 13 heavy (non-hydrogen) atoms. The summed E-state index contributed by atoms with van der Waals surface area (Å²) in [5.41, 5.74) is 0.649. The normalized spacial score (nSPS) is 10.1. The van der Waals surface area contributed by atoms with Gasteiger partial charge < -0.3 is 10.2 Å². The molecule has 1 aromatic heterocycles. The zero-order chi connectivity index (χ0) is 10.0. The molecule has 0 bridgehead atoms. The molecule has 4 nitrogen and oxygen atoms in total. The van der Waals surface area contributed by atoms with Crippen molar-refractivity contribution in [2.75, 3.05) is 0 Å². The van der Waals surface area contributed by atoms with Crippen LogP contribution in [0.25, 0.3) is 0 Å². The third-order valence-corrected chi connectivity index (χ3v) is 1.92. The highest BCUT2D eigenvalue weighted by molar-refractivity contribution is 7.97. The molecule has 1 aromatic rings. The second-order valence-corrected chi connectivity index (χ2v) is 2.96. The predicted octanol–water partition coefficient (Wildman–Crippen LogP) is 0.658. The Balaban J connectivity index is 3.41. The number of hydrogen-bond donors (Lipinski definition) is 3. The number of aliphatic hydroxyl groups excluding tert-OH is 1. The van der Waals surface area contributed by atoms with Crippen molar-refractivity contribution in [1.82, 2.24) is 4.98 Å². The average molecular weight is 199 g/mol. The van der Waals surface area contributed by atoms with E-state index >= 15 is 0 Å². The zero-order valence-electron chi connectivity index (χ0n) is 6.98. The summed E-state index contributed by atoms with van der Waals surface area (Å²) in [7, 11) is 0. The van der Waals surface area contributed by atoms with E-state index in [2.05, 4.69) is 17.6 Å². The zero-order valence-corrected chi connectivity index (χ0v) is 7.88. The molecule has 0 radical (unpaired) electrons. The summed E-state index contributed by atoms with van der Waals surface area (Å²) in [6, 6.07) is 0. The smallest absolute Gasteiger partial charge is 0.220 e. The van der Waals surface area contributed by atoms with Gasteiger partial charge >= 0.3 is 0 Å². The van der Waals surface area contributed by atoms with E-state index in [-0.39, 0.29) is 23.5 Å². The Morgan fingerprint density at radius 3 is 2.77 bits per heavy atom. The number of pyridine rings is 1. The van der Waals surface area contributed by atoms with Crippen LogP contribution in [0.15, 0.2) is 6.20 Å². The molecule has 2 N–H and O–H groups in total. The fourth-order valence-electron chi connectivity index (χ4n) is 0.992. The van der Waals surface area contributed by atoms with Gasteiger partial charge in [-0.15, -0.1) is 12.6 Å². The van der Waals surface area contributed by atoms with Gasteiger partial charge in [-0.2, -0.15) is 0 Å². The quantitative estimate of drug-likeness (QED) is 0.612. The minimum absolute atomic E-state index is 0.0262. The standard InChI is InChI=1S/C8H9NO3S/c1-4-7(11)6(8(12)13)5(3-10)2-9-4/h2,10-11H,3H2,1H3,(H,12,13). The van der Waals surface area contributed by atoms with E-state index in [4.69, 9.17) is 5.11 Å². The Kier molecular flexibility index (Phi) is 2.90. The van der Waals surface area contributed by atoms with Crippen LogP contribution in [0.4, 0.5) is 0 Å². The molecule has 1 heterocycles. The molecule has 5 heteroatoms. The van der Waals surface area contributed by atoms with Crippen molar-refractivity contribution >= 4 is 17.7 Å². The highest BCUT2D eigenvalue weighted by atomic mass is 32.1. The summed E-state index contributed by atoms with van der Waals surface area (Å²) in [5.74, 6) is -0.216. The maximum Gasteiger partial charge on any atom is 0.220 e. The molecule has 0 spiro atoms. The Bertz CT molecular complexity index is 351. The summed E-state index contributed by atoms with van der Waals surface area (Å²) in [6.07, 6.45) is 1.35. The first-order chi connectivity index (χ1) is 6.07. The van der Waals surface area contributed by atoms with Gasteiger partial charge in [0.05, 0.1) is 17.9 Å². The van der Waals surface area contributed by atoms with Crippen LogP contribution in [0.5, 0.6) is 5.75 Å². The number of aromatic hydroxyl groups is 1. The first kappa shape index (κ1) is 10.0. The molecule has 0 aliphatic carbocycles. The maximum atomic E-state index is 11.0. The monoisotopic (exact) mass is 199 g/mol. The summed E-state index contributed by atoms with van der Waals surface area (Å²) in [4.78, 5) is 14.8. The van der Waals surface area contributed by atoms with Crippen LogP contribution in [-0.4, -0.2) is 20.3 Å². The van der Waals surface area contributed by atoms with Gasteiger partial charge in [-0.3, -0.25) is 9.78 Å². The van der Waals surface area contributed by atoms with Crippen LogP contribution in [0.1, 0.15) is 21.6 Å². The SMILES string of the molecule is Cc1ncc(CO)c(C(=O)S)c1O. The molecular formula is C8H9NO3S. The fraction of sp³-hybridized carbons (Fsp3) is 0.250. The first-order valence-corrected chi connectivity index (χ1v) is 4.04. The molecule has 0 amide bonds. The van der Waals surface area contributed by atoms with Gasteiger partial charge in [0.1, 0.15) is 5.75 Å². The molecule has 70 valence electrons. The van der Waals surface area contributed by atoms with E-state index in [1.807, 2.05) is 0 Å². The van der Waals surface area contributed by atoms with Crippen LogP contribution in [0.3, 0.4) is 0 Å². The lowest BCUT2D eigenvalue weighted by Gasteiger charge is -2.06. The van der Waals surface area contributed by atoms with Crippen molar-refractivity contribution < 1.29 is 15.0 Å². The van der Waals surface area contributed by atoms with E-state index < -0.39 is 5.12 Å². The second kappa shape index (κ2) is 3.76. The molecule has 0 aliphatic heterocycles. The van der Waals surface area contributed by atoms with E-state index in [9.17, 15) is 9.90 Å². The van der Waals surface area contributed by atoms with Crippen LogP contribution < -0.4 is 0 Å². The van der Waals surface area contributed by atoms with Gasteiger partial charge in [0.2, 0.25) is 5.12 Å². The van der Waals surface area contributed by atoms with Gasteiger partial charge in [0, 0.05) is 11.8 Å². The van der Waals surface area contributed by atoms with Crippen molar-refractivity contribution in [3.63, 3.8) is 0 Å². The third kappa shape index (κ3) is 1.81. The summed E-state index contributed by atoms with van der Waals surface area (Å²) in [5, 5.41) is 17.7. The maximum absolute atomic E-state index is 11.0. The van der Waals surface area contributed by atoms with Crippen molar-refractivity contribution in [3.05, 3.63) is 23.0 Å². The van der Waals surface area contributed by atoms with Crippen molar-refractivity contribution in [2.24, 2.45) is 0 Å². The van der Waals surface area contributed by atoms with E-state index in [1.165, 1.54) is 6.20 Å². The first-order valence-electron chi connectivity index (χ1n) is 3.59. The minimum Gasteiger partial charge on any atom is -0.505 e. The molecule has 0 saturated carbocycles. The summed E-state index contributed by atoms with van der Waals surface area (Å²) < 4.78 is 0. The fourth-order valence-corrected chi connectivity index (χ4v) is 1.24. The lowest BCUT2D eigenvalue weighted by atomic mass is 10.1. The van der Waals surface area contributed by atoms with Crippen molar-refractivity contribution in [3.8, 4) is 5.75 Å². The van der Waals surface area contributed by atoms with Gasteiger partial charge in [-0.1, -0.05) is 0 Å². The molecule has 0 aliphatic rings. The Morgan fingerprint density at radius 1 is 1.69 bits per heavy atom. The van der Waals surface area contributed by atoms with Crippen molar-refractivity contribution in [2.45, 2.75) is 13.5 Å². The molecule has 0 fully saturated rings. The lowest BCUT2D eigenvalue weighted by Crippen LogP contribution is -2.01. The molecule has 0 unspecified atom stereocenters. The topological polar surface area (TPSA) is 70.4 Å². The van der Waals surface area contributed by atoms with Crippen LogP contribution in [0, 0.1) is 6.92 Å². The summed E-state index contributed by atoms with van der Waals surface area (Å²) >= 11 is 3.59. The summed E-state index contributed by atoms with van der Waals surface area (Å²) in [6.45, 7) is 1.22. The molecule has 0 saturated heterocycles. The number of hydrogen-bond acceptors (Lipinski definition) is 4. The highest BCUT2D eigenvalue weighted by Gasteiger charge is 2.15. The second-order valence-electron chi connectivity index (χ2n) is 2.56. The molecule has 1 rings (SSSR count). The molecule has 0 atom stereocenters. The van der Waals surface area contributed by atoms with E-state index in [0.29, 0.717) is 5.69 Å². The number of aryl methyl sites for hydroxylation is 1. The average Bonchev–Trinajstić information content (AvgIpc) is 2.08. The van der Waals surface area contributed by atoms with Gasteiger partial charge in [0.15, 0.2) is 0 Å². The number of aromatic nitrogens is 1. The number of thiol groups is 1. The van der Waals surface area contributed by atoms with E-state index in [0.717, 1.165) is 0 Å². The lowest BCUT2D eigenvalue weighted by molar-refractivity contribution is 0.108. The largest absolute Gasteiger partial charge is 0.505 e. The third-order valence-electron chi connectivity index (χ3n) is 1.70.